The van der Waals surface area contributed by atoms with Gasteiger partial charge in [-0.2, -0.15) is 0 Å². The van der Waals surface area contributed by atoms with Crippen molar-refractivity contribution in [3.63, 3.8) is 0 Å². The summed E-state index contributed by atoms with van der Waals surface area (Å²) in [6, 6.07) is 6.28. The van der Waals surface area contributed by atoms with Crippen molar-refractivity contribution in [3.05, 3.63) is 28.2 Å². The predicted molar refractivity (Wildman–Crippen MR) is 72.2 cm³/mol. The third-order valence-corrected chi connectivity index (χ3v) is 3.08. The van der Waals surface area contributed by atoms with Crippen LogP contribution >= 0.6 is 15.9 Å². The van der Waals surface area contributed by atoms with Crippen molar-refractivity contribution in [3.8, 4) is 5.75 Å². The quantitative estimate of drug-likeness (QED) is 0.776. The first kappa shape index (κ1) is 13.5. The molecule has 90 valence electrons. The van der Waals surface area contributed by atoms with Gasteiger partial charge in [0, 0.05) is 0 Å². The molecular formula is C13H20BrNO. The van der Waals surface area contributed by atoms with Crippen LogP contribution in [0.3, 0.4) is 0 Å². The molecule has 0 spiro atoms. The second-order valence-corrected chi connectivity index (χ2v) is 4.68. The summed E-state index contributed by atoms with van der Waals surface area (Å²) in [6.07, 6.45) is 3.49. The normalized spacial score (nSPS) is 10.4. The zero-order valence-corrected chi connectivity index (χ0v) is 11.6. The van der Waals surface area contributed by atoms with Crippen LogP contribution in [0.1, 0.15) is 25.3 Å². The molecule has 0 saturated heterocycles. The fourth-order valence-electron chi connectivity index (χ4n) is 1.58. The van der Waals surface area contributed by atoms with Crippen molar-refractivity contribution in [1.82, 2.24) is 5.32 Å². The molecule has 0 unspecified atom stereocenters. The van der Waals surface area contributed by atoms with Gasteiger partial charge in [0.1, 0.15) is 5.75 Å². The van der Waals surface area contributed by atoms with Gasteiger partial charge in [0.2, 0.25) is 0 Å². The van der Waals surface area contributed by atoms with E-state index in [9.17, 15) is 0 Å². The topological polar surface area (TPSA) is 21.3 Å². The zero-order valence-electron chi connectivity index (χ0n) is 10.1. The summed E-state index contributed by atoms with van der Waals surface area (Å²) < 4.78 is 6.23. The molecule has 0 aliphatic rings. The Labute approximate surface area is 107 Å². The second-order valence-electron chi connectivity index (χ2n) is 3.82. The highest BCUT2D eigenvalue weighted by Crippen LogP contribution is 2.25. The summed E-state index contributed by atoms with van der Waals surface area (Å²) in [5.41, 5.74) is 1.35. The average Bonchev–Trinajstić information content (AvgIpc) is 2.29. The first-order valence-electron chi connectivity index (χ1n) is 5.81. The lowest BCUT2D eigenvalue weighted by Crippen LogP contribution is -2.16. The molecule has 0 aliphatic carbocycles. The van der Waals surface area contributed by atoms with Gasteiger partial charge in [-0.15, -0.1) is 0 Å². The van der Waals surface area contributed by atoms with Gasteiger partial charge in [0.15, 0.2) is 0 Å². The maximum atomic E-state index is 5.20. The van der Waals surface area contributed by atoms with Crippen molar-refractivity contribution < 1.29 is 4.74 Å². The van der Waals surface area contributed by atoms with Crippen molar-refractivity contribution in [2.75, 3.05) is 20.2 Å². The van der Waals surface area contributed by atoms with Gasteiger partial charge in [-0.05, 0) is 66.0 Å². The van der Waals surface area contributed by atoms with E-state index < -0.39 is 0 Å². The zero-order chi connectivity index (χ0) is 11.8. The number of ether oxygens (including phenoxy) is 1. The van der Waals surface area contributed by atoms with Crippen molar-refractivity contribution >= 4 is 15.9 Å². The second kappa shape index (κ2) is 7.69. The molecule has 0 fully saturated rings. The number of methoxy groups -OCH3 is 1. The molecule has 0 amide bonds. The smallest absolute Gasteiger partial charge is 0.133 e. The lowest BCUT2D eigenvalue weighted by molar-refractivity contribution is 0.412. The van der Waals surface area contributed by atoms with E-state index in [0.29, 0.717) is 0 Å². The highest BCUT2D eigenvalue weighted by Gasteiger charge is 2.00. The van der Waals surface area contributed by atoms with Gasteiger partial charge in [-0.3, -0.25) is 0 Å². The Hall–Kier alpha value is -0.540. The van der Waals surface area contributed by atoms with Crippen LogP contribution in [0, 0.1) is 0 Å². The predicted octanol–water partition coefficient (Wildman–Crippen LogP) is 3.39. The van der Waals surface area contributed by atoms with Gasteiger partial charge in [-0.1, -0.05) is 13.0 Å². The van der Waals surface area contributed by atoms with Crippen LogP contribution in [-0.2, 0) is 6.42 Å². The molecular weight excluding hydrogens is 266 g/mol. The number of aryl methyl sites for hydroxylation is 1. The SMILES string of the molecule is CCCNCCCc1ccc(OC)c(Br)c1. The molecule has 0 aromatic heterocycles. The number of benzene rings is 1. The molecule has 2 nitrogen and oxygen atoms in total. The van der Waals surface area contributed by atoms with Crippen LogP contribution in [0.15, 0.2) is 22.7 Å². The Morgan fingerprint density at radius 1 is 1.31 bits per heavy atom. The van der Waals surface area contributed by atoms with Gasteiger partial charge in [-0.25, -0.2) is 0 Å². The van der Waals surface area contributed by atoms with Crippen LogP contribution in [0.5, 0.6) is 5.75 Å². The van der Waals surface area contributed by atoms with E-state index in [-0.39, 0.29) is 0 Å². The monoisotopic (exact) mass is 285 g/mol. The first-order chi connectivity index (χ1) is 7.77. The third-order valence-electron chi connectivity index (χ3n) is 2.46. The summed E-state index contributed by atoms with van der Waals surface area (Å²) in [7, 11) is 1.69. The standard InChI is InChI=1S/C13H20BrNO/c1-3-8-15-9-4-5-11-6-7-13(16-2)12(14)10-11/h6-7,10,15H,3-5,8-9H2,1-2H3. The largest absolute Gasteiger partial charge is 0.496 e. The minimum Gasteiger partial charge on any atom is -0.496 e. The highest BCUT2D eigenvalue weighted by atomic mass is 79.9. The molecule has 0 bridgehead atoms. The molecule has 0 aliphatic heterocycles. The molecule has 0 heterocycles. The molecule has 1 aromatic rings. The van der Waals surface area contributed by atoms with Crippen LogP contribution in [0.2, 0.25) is 0 Å². The van der Waals surface area contributed by atoms with Crippen LogP contribution in [-0.4, -0.2) is 20.2 Å². The van der Waals surface area contributed by atoms with E-state index in [1.54, 1.807) is 7.11 Å². The van der Waals surface area contributed by atoms with Crippen molar-refractivity contribution in [2.24, 2.45) is 0 Å². The molecule has 1 aromatic carbocycles. The molecule has 1 N–H and O–H groups in total. The van der Waals surface area contributed by atoms with Gasteiger partial charge < -0.3 is 10.1 Å². The van der Waals surface area contributed by atoms with Crippen LogP contribution in [0.25, 0.3) is 0 Å². The number of rotatable bonds is 7. The summed E-state index contributed by atoms with van der Waals surface area (Å²) in [6.45, 7) is 4.40. The van der Waals surface area contributed by atoms with Crippen molar-refractivity contribution in [2.45, 2.75) is 26.2 Å². The van der Waals surface area contributed by atoms with Gasteiger partial charge in [0.25, 0.3) is 0 Å². The minimum atomic E-state index is 0.896. The molecule has 1 rings (SSSR count). The molecule has 0 atom stereocenters. The maximum Gasteiger partial charge on any atom is 0.133 e. The summed E-state index contributed by atoms with van der Waals surface area (Å²) in [5.74, 6) is 0.896. The summed E-state index contributed by atoms with van der Waals surface area (Å²) in [4.78, 5) is 0. The van der Waals surface area contributed by atoms with E-state index in [1.807, 2.05) is 6.07 Å². The van der Waals surface area contributed by atoms with Gasteiger partial charge >= 0.3 is 0 Å². The Kier molecular flexibility index (Phi) is 6.50. The molecule has 0 radical (unpaired) electrons. The third kappa shape index (κ3) is 4.54. The summed E-state index contributed by atoms with van der Waals surface area (Å²) >= 11 is 3.50. The fraction of sp³-hybridized carbons (Fsp3) is 0.538. The Bertz CT molecular complexity index is 315. The lowest BCUT2D eigenvalue weighted by Gasteiger charge is -2.06. The maximum absolute atomic E-state index is 5.20. The number of hydrogen-bond acceptors (Lipinski definition) is 2. The number of nitrogens with one attached hydrogen (secondary N) is 1. The molecule has 16 heavy (non-hydrogen) atoms. The van der Waals surface area contributed by atoms with Crippen molar-refractivity contribution in [1.29, 1.82) is 0 Å². The van der Waals surface area contributed by atoms with E-state index in [0.717, 1.165) is 29.7 Å². The van der Waals surface area contributed by atoms with E-state index in [1.165, 1.54) is 18.4 Å². The Balaban J connectivity index is 2.34. The molecule has 3 heteroatoms. The summed E-state index contributed by atoms with van der Waals surface area (Å²) in [5, 5.41) is 3.41. The van der Waals surface area contributed by atoms with Crippen LogP contribution in [0.4, 0.5) is 0 Å². The van der Waals surface area contributed by atoms with Gasteiger partial charge in [0.05, 0.1) is 11.6 Å². The lowest BCUT2D eigenvalue weighted by atomic mass is 10.1. The minimum absolute atomic E-state index is 0.896. The van der Waals surface area contributed by atoms with E-state index >= 15 is 0 Å². The average molecular weight is 286 g/mol. The highest BCUT2D eigenvalue weighted by molar-refractivity contribution is 9.10. The Morgan fingerprint density at radius 2 is 2.12 bits per heavy atom. The molecule has 0 saturated carbocycles. The van der Waals surface area contributed by atoms with Crippen LogP contribution < -0.4 is 10.1 Å². The number of halogens is 1. The first-order valence-corrected chi connectivity index (χ1v) is 6.60. The van der Waals surface area contributed by atoms with E-state index in [4.69, 9.17) is 4.74 Å². The Morgan fingerprint density at radius 3 is 2.75 bits per heavy atom. The van der Waals surface area contributed by atoms with E-state index in [2.05, 4.69) is 40.3 Å². The fourth-order valence-corrected chi connectivity index (χ4v) is 2.17. The number of hydrogen-bond donors (Lipinski definition) is 1.